The number of benzene rings is 2. The molecule has 0 fully saturated rings. The monoisotopic (exact) mass is 329 g/mol. The highest BCUT2D eigenvalue weighted by Crippen LogP contribution is 2.22. The van der Waals surface area contributed by atoms with Crippen LogP contribution >= 0.6 is 0 Å². The second-order valence-electron chi connectivity index (χ2n) is 5.59. The van der Waals surface area contributed by atoms with Crippen LogP contribution in [0.2, 0.25) is 0 Å². The molecule has 1 amide bonds. The van der Waals surface area contributed by atoms with Gasteiger partial charge in [0.15, 0.2) is 6.61 Å². The van der Waals surface area contributed by atoms with E-state index in [0.29, 0.717) is 6.54 Å². The maximum absolute atomic E-state index is 11.9. The van der Waals surface area contributed by atoms with Crippen molar-refractivity contribution >= 4 is 22.6 Å². The maximum Gasteiger partial charge on any atom is 0.310 e. The summed E-state index contributed by atoms with van der Waals surface area (Å²) in [5, 5.41) is 4.78. The Morgan fingerprint density at radius 1 is 1.08 bits per heavy atom. The van der Waals surface area contributed by atoms with Crippen LogP contribution in [-0.4, -0.2) is 32.1 Å². The summed E-state index contributed by atoms with van der Waals surface area (Å²) < 4.78 is 10.2. The molecule has 0 radical (unpaired) electrons. The molecular weight excluding hydrogens is 306 g/mol. The van der Waals surface area contributed by atoms with Crippen LogP contribution in [0.15, 0.2) is 36.4 Å². The van der Waals surface area contributed by atoms with Crippen LogP contribution in [0.3, 0.4) is 0 Å². The standard InChI is InChI=1S/C19H23NO4/c1-3-4-9-20-18(21)13-24-19(22)11-14-5-6-16-12-17(23-2)8-7-15(16)10-14/h5-8,10,12H,3-4,9,11,13H2,1-2H3,(H,20,21). The number of hydrogen-bond acceptors (Lipinski definition) is 4. The van der Waals surface area contributed by atoms with Gasteiger partial charge in [0.1, 0.15) is 5.75 Å². The number of fused-ring (bicyclic) bond motifs is 1. The van der Waals surface area contributed by atoms with Crippen LogP contribution in [0.4, 0.5) is 0 Å². The van der Waals surface area contributed by atoms with Crippen LogP contribution in [0.25, 0.3) is 10.8 Å². The Hall–Kier alpha value is -2.56. The zero-order chi connectivity index (χ0) is 17.4. The molecule has 0 unspecified atom stereocenters. The number of hydrogen-bond donors (Lipinski definition) is 1. The molecule has 0 aliphatic carbocycles. The van der Waals surface area contributed by atoms with Gasteiger partial charge < -0.3 is 14.8 Å². The first-order valence-electron chi connectivity index (χ1n) is 8.11. The SMILES string of the molecule is CCCCNC(=O)COC(=O)Cc1ccc2cc(OC)ccc2c1. The highest BCUT2D eigenvalue weighted by molar-refractivity contribution is 5.86. The van der Waals surface area contributed by atoms with Gasteiger partial charge in [0, 0.05) is 6.54 Å². The van der Waals surface area contributed by atoms with Crippen molar-refractivity contribution in [1.82, 2.24) is 5.32 Å². The normalized spacial score (nSPS) is 10.4. The van der Waals surface area contributed by atoms with Gasteiger partial charge in [0.05, 0.1) is 13.5 Å². The van der Waals surface area contributed by atoms with Crippen molar-refractivity contribution in [3.8, 4) is 5.75 Å². The van der Waals surface area contributed by atoms with Gasteiger partial charge in [-0.25, -0.2) is 0 Å². The van der Waals surface area contributed by atoms with E-state index in [1.54, 1.807) is 7.11 Å². The second kappa shape index (κ2) is 8.91. The minimum absolute atomic E-state index is 0.143. The average Bonchev–Trinajstić information content (AvgIpc) is 2.59. The van der Waals surface area contributed by atoms with E-state index >= 15 is 0 Å². The Morgan fingerprint density at radius 2 is 1.83 bits per heavy atom. The van der Waals surface area contributed by atoms with Gasteiger partial charge in [-0.1, -0.05) is 37.6 Å². The van der Waals surface area contributed by atoms with E-state index in [9.17, 15) is 9.59 Å². The summed E-state index contributed by atoms with van der Waals surface area (Å²) in [6.07, 6.45) is 2.07. The Labute approximate surface area is 141 Å². The van der Waals surface area contributed by atoms with Gasteiger partial charge in [0.2, 0.25) is 0 Å². The van der Waals surface area contributed by atoms with Gasteiger partial charge in [0.25, 0.3) is 5.91 Å². The van der Waals surface area contributed by atoms with Gasteiger partial charge in [-0.05, 0) is 34.9 Å². The zero-order valence-electron chi connectivity index (χ0n) is 14.1. The zero-order valence-corrected chi connectivity index (χ0v) is 14.1. The molecule has 5 nitrogen and oxygen atoms in total. The molecule has 0 aliphatic rings. The Morgan fingerprint density at radius 3 is 2.58 bits per heavy atom. The molecule has 0 spiro atoms. The van der Waals surface area contributed by atoms with Gasteiger partial charge in [-0.2, -0.15) is 0 Å². The van der Waals surface area contributed by atoms with E-state index in [1.165, 1.54) is 0 Å². The van der Waals surface area contributed by atoms with Gasteiger partial charge in [-0.3, -0.25) is 9.59 Å². The fourth-order valence-corrected chi connectivity index (χ4v) is 2.33. The van der Waals surface area contributed by atoms with Crippen molar-refractivity contribution in [2.45, 2.75) is 26.2 Å². The van der Waals surface area contributed by atoms with Crippen LogP contribution in [-0.2, 0) is 20.7 Å². The number of carbonyl (C=O) groups excluding carboxylic acids is 2. The lowest BCUT2D eigenvalue weighted by Gasteiger charge is -2.07. The molecule has 5 heteroatoms. The van der Waals surface area contributed by atoms with Crippen LogP contribution < -0.4 is 10.1 Å². The molecule has 0 atom stereocenters. The number of rotatable bonds is 8. The van der Waals surface area contributed by atoms with E-state index in [1.807, 2.05) is 43.3 Å². The predicted octanol–water partition coefficient (Wildman–Crippen LogP) is 2.85. The van der Waals surface area contributed by atoms with Crippen LogP contribution in [0.1, 0.15) is 25.3 Å². The molecular formula is C19H23NO4. The molecule has 1 N–H and O–H groups in total. The van der Waals surface area contributed by atoms with Crippen molar-refractivity contribution in [3.05, 3.63) is 42.0 Å². The fraction of sp³-hybridized carbons (Fsp3) is 0.368. The summed E-state index contributed by atoms with van der Waals surface area (Å²) in [4.78, 5) is 23.4. The summed E-state index contributed by atoms with van der Waals surface area (Å²) in [5.74, 6) is 0.125. The quantitative estimate of drug-likeness (QED) is 0.597. The predicted molar refractivity (Wildman–Crippen MR) is 93.1 cm³/mol. The van der Waals surface area contributed by atoms with Crippen molar-refractivity contribution in [2.75, 3.05) is 20.3 Å². The first kappa shape index (κ1) is 17.8. The molecule has 0 saturated carbocycles. The molecule has 2 aromatic carbocycles. The number of nitrogens with one attached hydrogen (secondary N) is 1. The highest BCUT2D eigenvalue weighted by Gasteiger charge is 2.09. The summed E-state index contributed by atoms with van der Waals surface area (Å²) in [6.45, 7) is 2.43. The molecule has 24 heavy (non-hydrogen) atoms. The number of methoxy groups -OCH3 is 1. The lowest BCUT2D eigenvalue weighted by molar-refractivity contribution is -0.147. The van der Waals surface area contributed by atoms with Crippen molar-refractivity contribution in [3.63, 3.8) is 0 Å². The Bertz CT molecular complexity index is 712. The second-order valence-corrected chi connectivity index (χ2v) is 5.59. The van der Waals surface area contributed by atoms with E-state index in [-0.39, 0.29) is 18.9 Å². The van der Waals surface area contributed by atoms with E-state index in [2.05, 4.69) is 5.32 Å². The molecule has 0 aliphatic heterocycles. The first-order chi connectivity index (χ1) is 11.6. The van der Waals surface area contributed by atoms with E-state index in [4.69, 9.17) is 9.47 Å². The number of carbonyl (C=O) groups is 2. The largest absolute Gasteiger partial charge is 0.497 e. The lowest BCUT2D eigenvalue weighted by atomic mass is 10.0. The molecule has 0 saturated heterocycles. The molecule has 0 aromatic heterocycles. The topological polar surface area (TPSA) is 64.6 Å². The Kier molecular flexibility index (Phi) is 6.61. The van der Waals surface area contributed by atoms with Crippen molar-refractivity contribution < 1.29 is 19.1 Å². The lowest BCUT2D eigenvalue weighted by Crippen LogP contribution is -2.29. The number of unbranched alkanes of at least 4 members (excludes halogenated alkanes) is 1. The van der Waals surface area contributed by atoms with Crippen LogP contribution in [0.5, 0.6) is 5.75 Å². The third kappa shape index (κ3) is 5.26. The summed E-state index contributed by atoms with van der Waals surface area (Å²) in [5.41, 5.74) is 0.851. The third-order valence-electron chi connectivity index (χ3n) is 3.68. The Balaban J connectivity index is 1.87. The number of amides is 1. The molecule has 0 bridgehead atoms. The molecule has 0 heterocycles. The molecule has 128 valence electrons. The summed E-state index contributed by atoms with van der Waals surface area (Å²) in [6, 6.07) is 11.5. The average molecular weight is 329 g/mol. The number of ether oxygens (including phenoxy) is 2. The minimum Gasteiger partial charge on any atom is -0.497 e. The fourth-order valence-electron chi connectivity index (χ4n) is 2.33. The van der Waals surface area contributed by atoms with E-state index in [0.717, 1.165) is 34.9 Å². The van der Waals surface area contributed by atoms with Crippen molar-refractivity contribution in [2.24, 2.45) is 0 Å². The molecule has 2 aromatic rings. The highest BCUT2D eigenvalue weighted by atomic mass is 16.5. The maximum atomic E-state index is 11.9. The summed E-state index contributed by atoms with van der Waals surface area (Å²) in [7, 11) is 1.63. The summed E-state index contributed by atoms with van der Waals surface area (Å²) >= 11 is 0. The first-order valence-corrected chi connectivity index (χ1v) is 8.11. The minimum atomic E-state index is -0.409. The van der Waals surface area contributed by atoms with Gasteiger partial charge >= 0.3 is 5.97 Å². The smallest absolute Gasteiger partial charge is 0.310 e. The van der Waals surface area contributed by atoms with E-state index < -0.39 is 5.97 Å². The molecule has 2 rings (SSSR count). The van der Waals surface area contributed by atoms with Crippen LogP contribution in [0, 0.1) is 0 Å². The van der Waals surface area contributed by atoms with Crippen molar-refractivity contribution in [1.29, 1.82) is 0 Å². The third-order valence-corrected chi connectivity index (χ3v) is 3.68. The number of esters is 1. The van der Waals surface area contributed by atoms with Gasteiger partial charge in [-0.15, -0.1) is 0 Å².